The van der Waals surface area contributed by atoms with Gasteiger partial charge in [-0.25, -0.2) is 4.98 Å². The number of nitrogens with two attached hydrogens (primary N) is 1. The number of imidazole rings is 1. The van der Waals surface area contributed by atoms with E-state index in [1.165, 1.54) is 0 Å². The number of hydrogen-bond acceptors (Lipinski definition) is 5. The van der Waals surface area contributed by atoms with Crippen molar-refractivity contribution in [1.29, 1.82) is 0 Å². The Morgan fingerprint density at radius 3 is 2.84 bits per heavy atom. The summed E-state index contributed by atoms with van der Waals surface area (Å²) in [5.41, 5.74) is 6.64. The molecule has 0 amide bonds. The van der Waals surface area contributed by atoms with Crippen LogP contribution in [0.4, 0.5) is 0 Å². The van der Waals surface area contributed by atoms with E-state index >= 15 is 0 Å². The van der Waals surface area contributed by atoms with Crippen LogP contribution in [0.5, 0.6) is 0 Å². The van der Waals surface area contributed by atoms with Crippen molar-refractivity contribution in [2.24, 2.45) is 11.7 Å². The first-order chi connectivity index (χ1) is 9.02. The molecule has 19 heavy (non-hydrogen) atoms. The number of nitrogens with one attached hydrogen (secondary N) is 2. The molecule has 0 unspecified atom stereocenters. The molecule has 4 N–H and O–H groups in total. The highest BCUT2D eigenvalue weighted by atomic mass is 16.1. The van der Waals surface area contributed by atoms with Crippen molar-refractivity contribution in [1.82, 2.24) is 15.3 Å². The minimum atomic E-state index is -0.584. The molecule has 0 saturated heterocycles. The molecule has 106 valence electrons. The van der Waals surface area contributed by atoms with Crippen LogP contribution < -0.4 is 11.1 Å². The molecule has 1 heterocycles. The van der Waals surface area contributed by atoms with Crippen LogP contribution in [0, 0.1) is 5.92 Å². The third-order valence-corrected chi connectivity index (χ3v) is 2.84. The number of Topliss-reactive ketones (excluding diaryl/α,β-unsaturated/α-hetero) is 1. The number of aromatic nitrogens is 2. The number of ketones is 1. The molecule has 0 aliphatic carbocycles. The molecule has 1 aromatic heterocycles. The van der Waals surface area contributed by atoms with Crippen LogP contribution in [0.2, 0.25) is 0 Å². The molecular weight excluding hydrogens is 244 g/mol. The maximum absolute atomic E-state index is 11.8. The van der Waals surface area contributed by atoms with Crippen molar-refractivity contribution in [2.75, 3.05) is 6.54 Å². The van der Waals surface area contributed by atoms with E-state index in [2.05, 4.69) is 15.3 Å². The molecule has 6 nitrogen and oxygen atoms in total. The lowest BCUT2D eigenvalue weighted by Crippen LogP contribution is -2.43. The zero-order valence-corrected chi connectivity index (χ0v) is 11.4. The Kier molecular flexibility index (Phi) is 6.38. The van der Waals surface area contributed by atoms with E-state index in [1.807, 2.05) is 13.8 Å². The fraction of sp³-hybridized carbons (Fsp3) is 0.615. The molecule has 6 heteroatoms. The molecule has 0 spiro atoms. The molecule has 1 rings (SSSR count). The fourth-order valence-electron chi connectivity index (χ4n) is 1.80. The van der Waals surface area contributed by atoms with Crippen LogP contribution in [0.25, 0.3) is 0 Å². The standard InChI is InChI=1S/C13H22N4O2/c1-9(2)3-11(7-18)16-6-13(19)12(14)4-10-5-15-8-17-10/h5,7-9,11-12,16H,3-4,6,14H2,1-2H3,(H,15,17)/t11-,12-/m0/s1. The van der Waals surface area contributed by atoms with E-state index in [0.29, 0.717) is 18.8 Å². The Labute approximate surface area is 113 Å². The van der Waals surface area contributed by atoms with Gasteiger partial charge in [-0.15, -0.1) is 0 Å². The Balaban J connectivity index is 2.35. The van der Waals surface area contributed by atoms with Gasteiger partial charge in [-0.1, -0.05) is 13.8 Å². The lowest BCUT2D eigenvalue weighted by atomic mass is 10.0. The maximum atomic E-state index is 11.8. The summed E-state index contributed by atoms with van der Waals surface area (Å²) in [6.07, 6.45) is 5.18. The second-order valence-electron chi connectivity index (χ2n) is 5.11. The molecule has 0 bridgehead atoms. The van der Waals surface area contributed by atoms with Crippen LogP contribution in [0.15, 0.2) is 12.5 Å². The second-order valence-corrected chi connectivity index (χ2v) is 5.11. The van der Waals surface area contributed by atoms with Crippen LogP contribution in [-0.4, -0.2) is 40.7 Å². The van der Waals surface area contributed by atoms with Crippen LogP contribution in [0.3, 0.4) is 0 Å². The van der Waals surface area contributed by atoms with E-state index in [4.69, 9.17) is 5.73 Å². The monoisotopic (exact) mass is 266 g/mol. The van der Waals surface area contributed by atoms with Crippen molar-refractivity contribution in [3.05, 3.63) is 18.2 Å². The summed E-state index contributed by atoms with van der Waals surface area (Å²) >= 11 is 0. The van der Waals surface area contributed by atoms with Gasteiger partial charge in [0.05, 0.1) is 25.0 Å². The lowest BCUT2D eigenvalue weighted by molar-refractivity contribution is -0.119. The number of H-pyrrole nitrogens is 1. The quantitative estimate of drug-likeness (QED) is 0.548. The summed E-state index contributed by atoms with van der Waals surface area (Å²) in [4.78, 5) is 29.5. The topological polar surface area (TPSA) is 101 Å². The molecule has 0 saturated carbocycles. The fourth-order valence-corrected chi connectivity index (χ4v) is 1.80. The van der Waals surface area contributed by atoms with Gasteiger partial charge in [0.1, 0.15) is 6.29 Å². The summed E-state index contributed by atoms with van der Waals surface area (Å²) < 4.78 is 0. The Hall–Kier alpha value is -1.53. The van der Waals surface area contributed by atoms with E-state index in [9.17, 15) is 9.59 Å². The number of aromatic amines is 1. The van der Waals surface area contributed by atoms with Gasteiger partial charge >= 0.3 is 0 Å². The third kappa shape index (κ3) is 5.76. The predicted octanol–water partition coefficient (Wildman–Crippen LogP) is 0.0518. The van der Waals surface area contributed by atoms with E-state index in [1.54, 1.807) is 12.5 Å². The molecule has 0 fully saturated rings. The van der Waals surface area contributed by atoms with Crippen molar-refractivity contribution < 1.29 is 9.59 Å². The largest absolute Gasteiger partial charge is 0.348 e. The van der Waals surface area contributed by atoms with Crippen molar-refractivity contribution in [3.63, 3.8) is 0 Å². The average Bonchev–Trinajstić information content (AvgIpc) is 2.86. The van der Waals surface area contributed by atoms with Gasteiger partial charge in [0.15, 0.2) is 5.78 Å². The van der Waals surface area contributed by atoms with Crippen molar-refractivity contribution >= 4 is 12.1 Å². The lowest BCUT2D eigenvalue weighted by Gasteiger charge is -2.16. The molecule has 0 radical (unpaired) electrons. The first kappa shape index (κ1) is 15.5. The van der Waals surface area contributed by atoms with Gasteiger partial charge in [-0.05, 0) is 12.3 Å². The SMILES string of the molecule is CC(C)C[C@@H](C=O)NCC(=O)[C@@H](N)Cc1cnc[nH]1. The Morgan fingerprint density at radius 2 is 2.32 bits per heavy atom. The Bertz CT molecular complexity index is 389. The zero-order valence-electron chi connectivity index (χ0n) is 11.4. The highest BCUT2D eigenvalue weighted by Gasteiger charge is 2.17. The zero-order chi connectivity index (χ0) is 14.3. The molecule has 1 aromatic rings. The normalized spacial score (nSPS) is 14.3. The highest BCUT2D eigenvalue weighted by Crippen LogP contribution is 2.03. The van der Waals surface area contributed by atoms with Gasteiger partial charge in [-0.3, -0.25) is 4.79 Å². The van der Waals surface area contributed by atoms with Crippen molar-refractivity contribution in [3.8, 4) is 0 Å². The highest BCUT2D eigenvalue weighted by molar-refractivity contribution is 5.86. The number of hydrogen-bond donors (Lipinski definition) is 3. The van der Waals surface area contributed by atoms with Gasteiger partial charge in [0.25, 0.3) is 0 Å². The first-order valence-corrected chi connectivity index (χ1v) is 6.47. The number of carbonyl (C=O) groups is 2. The third-order valence-electron chi connectivity index (χ3n) is 2.84. The summed E-state index contributed by atoms with van der Waals surface area (Å²) in [7, 11) is 0. The van der Waals surface area contributed by atoms with E-state index in [0.717, 1.165) is 12.0 Å². The minimum Gasteiger partial charge on any atom is -0.348 e. The number of carbonyl (C=O) groups excluding carboxylic acids is 2. The molecule has 2 atom stereocenters. The predicted molar refractivity (Wildman–Crippen MR) is 72.6 cm³/mol. The van der Waals surface area contributed by atoms with Gasteiger partial charge < -0.3 is 20.8 Å². The maximum Gasteiger partial charge on any atom is 0.163 e. The van der Waals surface area contributed by atoms with Gasteiger partial charge in [0.2, 0.25) is 0 Å². The Morgan fingerprint density at radius 1 is 1.58 bits per heavy atom. The summed E-state index contributed by atoms with van der Waals surface area (Å²) in [5.74, 6) is 0.293. The van der Waals surface area contributed by atoms with Gasteiger partial charge in [-0.2, -0.15) is 0 Å². The molecule has 0 aliphatic heterocycles. The average molecular weight is 266 g/mol. The van der Waals surface area contributed by atoms with Crippen LogP contribution >= 0.6 is 0 Å². The number of nitrogens with zero attached hydrogens (tertiary/aromatic N) is 1. The van der Waals surface area contributed by atoms with Gasteiger partial charge in [0, 0.05) is 18.3 Å². The van der Waals surface area contributed by atoms with Crippen LogP contribution in [0.1, 0.15) is 26.0 Å². The summed E-state index contributed by atoms with van der Waals surface area (Å²) in [5, 5.41) is 2.94. The number of aldehydes is 1. The smallest absolute Gasteiger partial charge is 0.163 e. The summed E-state index contributed by atoms with van der Waals surface area (Å²) in [6, 6.07) is -0.873. The van der Waals surface area contributed by atoms with E-state index < -0.39 is 6.04 Å². The van der Waals surface area contributed by atoms with Crippen LogP contribution in [-0.2, 0) is 16.0 Å². The number of rotatable bonds is 9. The molecule has 0 aliphatic rings. The second kappa shape index (κ2) is 7.81. The summed E-state index contributed by atoms with van der Waals surface area (Å²) in [6.45, 7) is 4.18. The first-order valence-electron chi connectivity index (χ1n) is 6.47. The molecular formula is C13H22N4O2. The van der Waals surface area contributed by atoms with Crippen molar-refractivity contribution in [2.45, 2.75) is 38.8 Å². The minimum absolute atomic E-state index is 0.106. The van der Waals surface area contributed by atoms with E-state index in [-0.39, 0.29) is 18.4 Å². The molecule has 0 aromatic carbocycles.